The van der Waals surface area contributed by atoms with Crippen molar-refractivity contribution in [1.82, 2.24) is 0 Å². The lowest BCUT2D eigenvalue weighted by Gasteiger charge is -2.43. The minimum Gasteiger partial charge on any atom is -0.469 e. The molecule has 24 heavy (non-hydrogen) atoms. The molecule has 130 valence electrons. The van der Waals surface area contributed by atoms with Crippen LogP contribution in [0, 0.1) is 17.7 Å². The lowest BCUT2D eigenvalue weighted by Crippen LogP contribution is -2.55. The van der Waals surface area contributed by atoms with Gasteiger partial charge in [-0.3, -0.25) is 14.4 Å². The summed E-state index contributed by atoms with van der Waals surface area (Å²) in [5.74, 6) is -6.39. The Hall–Kier alpha value is -2.28. The number of methoxy groups -OCH3 is 2. The number of rotatable bonds is 3. The number of aliphatic hydroxyl groups is 1. The zero-order valence-electron chi connectivity index (χ0n) is 13.6. The van der Waals surface area contributed by atoms with Crippen molar-refractivity contribution >= 4 is 17.7 Å². The topological polar surface area (TPSA) is 89.9 Å². The predicted octanol–water partition coefficient (Wildman–Crippen LogP) is 1.21. The molecule has 1 saturated carbocycles. The van der Waals surface area contributed by atoms with Crippen LogP contribution < -0.4 is 0 Å². The Balaban J connectivity index is 2.65. The van der Waals surface area contributed by atoms with E-state index in [1.807, 2.05) is 0 Å². The first-order valence-electron chi connectivity index (χ1n) is 7.39. The van der Waals surface area contributed by atoms with Gasteiger partial charge in [0.25, 0.3) is 0 Å². The van der Waals surface area contributed by atoms with E-state index in [9.17, 15) is 23.9 Å². The van der Waals surface area contributed by atoms with Gasteiger partial charge in [0, 0.05) is 12.3 Å². The molecular weight excluding hydrogens is 319 g/mol. The molecule has 1 aromatic rings. The molecule has 0 bridgehead atoms. The number of esters is 2. The number of carbonyl (C=O) groups is 3. The van der Waals surface area contributed by atoms with Crippen molar-refractivity contribution in [2.75, 3.05) is 14.2 Å². The number of ketones is 1. The van der Waals surface area contributed by atoms with Crippen LogP contribution in [0.1, 0.15) is 24.8 Å². The van der Waals surface area contributed by atoms with Crippen molar-refractivity contribution in [1.29, 1.82) is 0 Å². The molecule has 0 saturated heterocycles. The van der Waals surface area contributed by atoms with Gasteiger partial charge in [0.2, 0.25) is 0 Å². The lowest BCUT2D eigenvalue weighted by atomic mass is 9.62. The summed E-state index contributed by atoms with van der Waals surface area (Å²) in [6, 6.07) is 5.23. The highest BCUT2D eigenvalue weighted by Crippen LogP contribution is 2.46. The smallest absolute Gasteiger partial charge is 0.316 e. The van der Waals surface area contributed by atoms with Gasteiger partial charge in [0.05, 0.1) is 25.7 Å². The molecule has 0 aromatic heterocycles. The second kappa shape index (κ2) is 6.68. The van der Waals surface area contributed by atoms with Crippen molar-refractivity contribution in [3.8, 4) is 0 Å². The highest BCUT2D eigenvalue weighted by atomic mass is 19.1. The number of hydrogen-bond donors (Lipinski definition) is 1. The zero-order valence-corrected chi connectivity index (χ0v) is 13.6. The minimum absolute atomic E-state index is 0.245. The van der Waals surface area contributed by atoms with Crippen molar-refractivity contribution < 1.29 is 33.4 Å². The molecule has 2 rings (SSSR count). The fraction of sp³-hybridized carbons (Fsp3) is 0.471. The quantitative estimate of drug-likeness (QED) is 0.658. The van der Waals surface area contributed by atoms with Crippen LogP contribution in [-0.2, 0) is 23.9 Å². The summed E-state index contributed by atoms with van der Waals surface area (Å²) in [6.45, 7) is 1.33. The Morgan fingerprint density at radius 2 is 1.88 bits per heavy atom. The van der Waals surface area contributed by atoms with Crippen molar-refractivity contribution in [2.45, 2.75) is 24.9 Å². The van der Waals surface area contributed by atoms with E-state index in [2.05, 4.69) is 4.74 Å². The maximum Gasteiger partial charge on any atom is 0.316 e. The summed E-state index contributed by atoms with van der Waals surface area (Å²) < 4.78 is 23.1. The van der Waals surface area contributed by atoms with E-state index in [4.69, 9.17) is 4.74 Å². The molecule has 1 N–H and O–H groups in total. The van der Waals surface area contributed by atoms with Gasteiger partial charge in [-0.05, 0) is 24.6 Å². The molecule has 1 fully saturated rings. The summed E-state index contributed by atoms with van der Waals surface area (Å²) in [7, 11) is 2.27. The zero-order chi connectivity index (χ0) is 18.1. The standard InChI is InChI=1S/C17H19FO6/c1-17(22)8-11(19)13(15(20)23-2)12(14(17)16(21)24-3)9-5-4-6-10(18)7-9/h4-7,12-14,22H,8H2,1-3H3/t12-,13-,14+,17-/m0/s1. The van der Waals surface area contributed by atoms with Crippen LogP contribution >= 0.6 is 0 Å². The van der Waals surface area contributed by atoms with Crippen molar-refractivity contribution in [2.24, 2.45) is 11.8 Å². The molecule has 7 heteroatoms. The number of benzene rings is 1. The third kappa shape index (κ3) is 3.17. The lowest BCUT2D eigenvalue weighted by molar-refractivity contribution is -0.170. The van der Waals surface area contributed by atoms with E-state index in [0.29, 0.717) is 0 Å². The molecule has 0 amide bonds. The first kappa shape index (κ1) is 18.1. The average Bonchev–Trinajstić information content (AvgIpc) is 2.52. The Kier molecular flexibility index (Phi) is 5.03. The third-order valence-electron chi connectivity index (χ3n) is 4.41. The van der Waals surface area contributed by atoms with Gasteiger partial charge >= 0.3 is 11.9 Å². The normalized spacial score (nSPS) is 29.9. The Morgan fingerprint density at radius 1 is 1.25 bits per heavy atom. The summed E-state index contributed by atoms with van der Waals surface area (Å²) >= 11 is 0. The molecule has 0 radical (unpaired) electrons. The van der Waals surface area contributed by atoms with Crippen LogP contribution in [0.4, 0.5) is 4.39 Å². The van der Waals surface area contributed by atoms with E-state index in [1.54, 1.807) is 0 Å². The maximum atomic E-state index is 13.7. The molecule has 4 atom stereocenters. The maximum absolute atomic E-state index is 13.7. The fourth-order valence-corrected chi connectivity index (χ4v) is 3.38. The second-order valence-corrected chi connectivity index (χ2v) is 6.08. The van der Waals surface area contributed by atoms with E-state index >= 15 is 0 Å². The summed E-state index contributed by atoms with van der Waals surface area (Å²) in [4.78, 5) is 36.8. The van der Waals surface area contributed by atoms with Crippen LogP contribution in [-0.4, -0.2) is 42.6 Å². The first-order valence-corrected chi connectivity index (χ1v) is 7.39. The average molecular weight is 338 g/mol. The molecule has 6 nitrogen and oxygen atoms in total. The molecule has 1 aliphatic rings. The minimum atomic E-state index is -1.73. The Morgan fingerprint density at radius 3 is 2.42 bits per heavy atom. The number of hydrogen-bond acceptors (Lipinski definition) is 6. The van der Waals surface area contributed by atoms with E-state index < -0.39 is 53.3 Å². The van der Waals surface area contributed by atoms with Crippen LogP contribution in [0.15, 0.2) is 24.3 Å². The molecular formula is C17H19FO6. The second-order valence-electron chi connectivity index (χ2n) is 6.08. The van der Waals surface area contributed by atoms with Gasteiger partial charge in [-0.15, -0.1) is 0 Å². The Labute approximate surface area is 138 Å². The van der Waals surface area contributed by atoms with Gasteiger partial charge in [-0.2, -0.15) is 0 Å². The van der Waals surface area contributed by atoms with Crippen LogP contribution in [0.3, 0.4) is 0 Å². The molecule has 0 spiro atoms. The monoisotopic (exact) mass is 338 g/mol. The number of halogens is 1. The molecule has 0 aliphatic heterocycles. The van der Waals surface area contributed by atoms with Crippen LogP contribution in [0.2, 0.25) is 0 Å². The molecule has 1 aromatic carbocycles. The summed E-state index contributed by atoms with van der Waals surface area (Å²) in [6.07, 6.45) is -0.404. The fourth-order valence-electron chi connectivity index (χ4n) is 3.38. The third-order valence-corrected chi connectivity index (χ3v) is 4.41. The van der Waals surface area contributed by atoms with E-state index in [0.717, 1.165) is 20.3 Å². The summed E-state index contributed by atoms with van der Waals surface area (Å²) in [5.41, 5.74) is -1.49. The van der Waals surface area contributed by atoms with Gasteiger partial charge < -0.3 is 14.6 Å². The summed E-state index contributed by atoms with van der Waals surface area (Å²) in [5, 5.41) is 10.6. The number of Topliss-reactive ketones (excluding diaryl/α,β-unsaturated/α-hetero) is 1. The van der Waals surface area contributed by atoms with Gasteiger partial charge in [-0.25, -0.2) is 4.39 Å². The van der Waals surface area contributed by atoms with Crippen LogP contribution in [0.5, 0.6) is 0 Å². The Bertz CT molecular complexity index is 669. The predicted molar refractivity (Wildman–Crippen MR) is 80.4 cm³/mol. The number of ether oxygens (including phenoxy) is 2. The van der Waals surface area contributed by atoms with Crippen molar-refractivity contribution in [3.63, 3.8) is 0 Å². The largest absolute Gasteiger partial charge is 0.469 e. The van der Waals surface area contributed by atoms with Crippen molar-refractivity contribution in [3.05, 3.63) is 35.6 Å². The highest BCUT2D eigenvalue weighted by Gasteiger charge is 2.56. The van der Waals surface area contributed by atoms with E-state index in [1.165, 1.54) is 25.1 Å². The van der Waals surface area contributed by atoms with Crippen LogP contribution in [0.25, 0.3) is 0 Å². The van der Waals surface area contributed by atoms with Gasteiger partial charge in [0.1, 0.15) is 11.7 Å². The van der Waals surface area contributed by atoms with Gasteiger partial charge in [-0.1, -0.05) is 12.1 Å². The highest BCUT2D eigenvalue weighted by molar-refractivity contribution is 6.02. The molecule has 0 heterocycles. The first-order chi connectivity index (χ1) is 11.2. The number of carbonyl (C=O) groups excluding carboxylic acids is 3. The van der Waals surface area contributed by atoms with Gasteiger partial charge in [0.15, 0.2) is 5.78 Å². The SMILES string of the molecule is COC(=O)[C@H]1C(=O)C[C@](C)(O)[C@@H](C(=O)OC)[C@H]1c1cccc(F)c1. The molecule has 0 unspecified atom stereocenters. The van der Waals surface area contributed by atoms with E-state index in [-0.39, 0.29) is 5.56 Å². The molecule has 1 aliphatic carbocycles.